The standard InChI is InChI=1S/C21H13BrN2O4S/c22-14-5-2-6-15(12-14)24-20(26)17(19(25)23-24)11-13-4-1-7-16(10-13)28-21(27)18-8-3-9-29-18/h1-12H,(H,23,25). The van der Waals surface area contributed by atoms with E-state index in [9.17, 15) is 14.4 Å². The molecule has 1 saturated heterocycles. The highest BCUT2D eigenvalue weighted by Gasteiger charge is 2.34. The van der Waals surface area contributed by atoms with Gasteiger partial charge in [0.05, 0.1) is 5.69 Å². The van der Waals surface area contributed by atoms with Crippen LogP contribution in [0.2, 0.25) is 0 Å². The Morgan fingerprint density at radius 1 is 1.07 bits per heavy atom. The van der Waals surface area contributed by atoms with E-state index in [0.717, 1.165) is 4.47 Å². The Morgan fingerprint density at radius 2 is 1.90 bits per heavy atom. The summed E-state index contributed by atoms with van der Waals surface area (Å²) < 4.78 is 6.15. The van der Waals surface area contributed by atoms with E-state index in [1.54, 1.807) is 60.0 Å². The molecule has 1 fully saturated rings. The molecule has 1 aliphatic heterocycles. The maximum Gasteiger partial charge on any atom is 0.353 e. The van der Waals surface area contributed by atoms with Gasteiger partial charge in [0.15, 0.2) is 0 Å². The third kappa shape index (κ3) is 4.13. The molecule has 0 bridgehead atoms. The number of hydrogen-bond donors (Lipinski definition) is 1. The summed E-state index contributed by atoms with van der Waals surface area (Å²) >= 11 is 4.64. The topological polar surface area (TPSA) is 75.7 Å². The highest BCUT2D eigenvalue weighted by Crippen LogP contribution is 2.25. The summed E-state index contributed by atoms with van der Waals surface area (Å²) in [5.74, 6) is -1.10. The van der Waals surface area contributed by atoms with Gasteiger partial charge in [-0.25, -0.2) is 9.80 Å². The first kappa shape index (κ1) is 19.1. The number of thiophene rings is 1. The van der Waals surface area contributed by atoms with Gasteiger partial charge in [-0.2, -0.15) is 0 Å². The molecule has 0 radical (unpaired) electrons. The van der Waals surface area contributed by atoms with Crippen molar-refractivity contribution in [3.63, 3.8) is 0 Å². The number of hydrazine groups is 1. The molecule has 3 aromatic rings. The zero-order chi connectivity index (χ0) is 20.4. The predicted octanol–water partition coefficient (Wildman–Crippen LogP) is 4.19. The Labute approximate surface area is 178 Å². The molecule has 6 nitrogen and oxygen atoms in total. The summed E-state index contributed by atoms with van der Waals surface area (Å²) in [5.41, 5.74) is 3.65. The van der Waals surface area contributed by atoms with Crippen LogP contribution in [0.5, 0.6) is 5.75 Å². The molecule has 4 rings (SSSR count). The Hall–Kier alpha value is -3.23. The van der Waals surface area contributed by atoms with Crippen LogP contribution in [0.4, 0.5) is 5.69 Å². The van der Waals surface area contributed by atoms with Crippen LogP contribution in [-0.4, -0.2) is 17.8 Å². The summed E-state index contributed by atoms with van der Waals surface area (Å²) in [4.78, 5) is 37.7. The van der Waals surface area contributed by atoms with Gasteiger partial charge in [-0.3, -0.25) is 15.0 Å². The average Bonchev–Trinajstić information content (AvgIpc) is 3.33. The van der Waals surface area contributed by atoms with Gasteiger partial charge in [0.25, 0.3) is 11.8 Å². The molecule has 1 aliphatic rings. The smallest absolute Gasteiger partial charge is 0.353 e. The van der Waals surface area contributed by atoms with Crippen molar-refractivity contribution in [2.75, 3.05) is 5.01 Å². The quantitative estimate of drug-likeness (QED) is 0.269. The van der Waals surface area contributed by atoms with Gasteiger partial charge in [-0.15, -0.1) is 11.3 Å². The van der Waals surface area contributed by atoms with Crippen LogP contribution >= 0.6 is 27.3 Å². The fourth-order valence-electron chi connectivity index (χ4n) is 2.74. The van der Waals surface area contributed by atoms with E-state index in [2.05, 4.69) is 21.4 Å². The molecule has 0 saturated carbocycles. The summed E-state index contributed by atoms with van der Waals surface area (Å²) in [6.45, 7) is 0. The van der Waals surface area contributed by atoms with Crippen LogP contribution in [0.25, 0.3) is 6.08 Å². The van der Waals surface area contributed by atoms with Crippen molar-refractivity contribution in [3.8, 4) is 5.75 Å². The minimum absolute atomic E-state index is 0.00768. The number of esters is 1. The highest BCUT2D eigenvalue weighted by atomic mass is 79.9. The fraction of sp³-hybridized carbons (Fsp3) is 0. The third-order valence-corrected chi connectivity index (χ3v) is 5.40. The van der Waals surface area contributed by atoms with Crippen molar-refractivity contribution in [2.45, 2.75) is 0 Å². The van der Waals surface area contributed by atoms with Gasteiger partial charge in [-0.05, 0) is 53.4 Å². The maximum atomic E-state index is 12.7. The molecule has 1 aromatic heterocycles. The lowest BCUT2D eigenvalue weighted by Gasteiger charge is -2.14. The molecular formula is C21H13BrN2O4S. The Balaban J connectivity index is 1.57. The molecule has 0 aliphatic carbocycles. The Morgan fingerprint density at radius 3 is 2.66 bits per heavy atom. The van der Waals surface area contributed by atoms with E-state index in [0.29, 0.717) is 21.9 Å². The molecule has 0 spiro atoms. The van der Waals surface area contributed by atoms with E-state index < -0.39 is 17.8 Å². The van der Waals surface area contributed by atoms with Crippen molar-refractivity contribution < 1.29 is 19.1 Å². The number of carbonyl (C=O) groups excluding carboxylic acids is 3. The number of halogens is 1. The van der Waals surface area contributed by atoms with Gasteiger partial charge in [0, 0.05) is 4.47 Å². The number of nitrogens with one attached hydrogen (secondary N) is 1. The number of rotatable bonds is 4. The SMILES string of the molecule is O=C1NN(c2cccc(Br)c2)C(=O)C1=Cc1cccc(OC(=O)c2cccs2)c1. The van der Waals surface area contributed by atoms with Gasteiger partial charge in [0.2, 0.25) is 0 Å². The molecule has 8 heteroatoms. The van der Waals surface area contributed by atoms with E-state index >= 15 is 0 Å². The van der Waals surface area contributed by atoms with Crippen molar-refractivity contribution in [1.29, 1.82) is 0 Å². The summed E-state index contributed by atoms with van der Waals surface area (Å²) in [7, 11) is 0. The van der Waals surface area contributed by atoms with Gasteiger partial charge in [-0.1, -0.05) is 40.2 Å². The first-order valence-corrected chi connectivity index (χ1v) is 10.2. The number of ether oxygens (including phenoxy) is 1. The third-order valence-electron chi connectivity index (χ3n) is 4.06. The summed E-state index contributed by atoms with van der Waals surface area (Å²) in [6.07, 6.45) is 1.47. The number of anilines is 1. The molecular weight excluding hydrogens is 456 g/mol. The zero-order valence-corrected chi connectivity index (χ0v) is 17.2. The fourth-order valence-corrected chi connectivity index (χ4v) is 3.73. The monoisotopic (exact) mass is 468 g/mol. The van der Waals surface area contributed by atoms with Crippen molar-refractivity contribution in [3.05, 3.63) is 86.5 Å². The highest BCUT2D eigenvalue weighted by molar-refractivity contribution is 9.10. The van der Waals surface area contributed by atoms with Crippen LogP contribution in [0.1, 0.15) is 15.2 Å². The first-order valence-electron chi connectivity index (χ1n) is 8.50. The second kappa shape index (κ2) is 8.02. The van der Waals surface area contributed by atoms with Crippen LogP contribution in [0, 0.1) is 0 Å². The number of carbonyl (C=O) groups is 3. The summed E-state index contributed by atoms with van der Waals surface area (Å²) in [6, 6.07) is 17.1. The molecule has 2 heterocycles. The Kier molecular flexibility index (Phi) is 5.28. The minimum Gasteiger partial charge on any atom is -0.422 e. The predicted molar refractivity (Wildman–Crippen MR) is 113 cm³/mol. The van der Waals surface area contributed by atoms with E-state index in [1.807, 2.05) is 6.07 Å². The second-order valence-electron chi connectivity index (χ2n) is 6.06. The van der Waals surface area contributed by atoms with Crippen LogP contribution < -0.4 is 15.2 Å². The number of hydrogen-bond acceptors (Lipinski definition) is 5. The largest absolute Gasteiger partial charge is 0.422 e. The molecule has 144 valence electrons. The van der Waals surface area contributed by atoms with Gasteiger partial charge in [0.1, 0.15) is 16.2 Å². The van der Waals surface area contributed by atoms with Crippen LogP contribution in [0.3, 0.4) is 0 Å². The lowest BCUT2D eigenvalue weighted by molar-refractivity contribution is -0.117. The minimum atomic E-state index is -0.504. The normalized spacial score (nSPS) is 14.9. The zero-order valence-electron chi connectivity index (χ0n) is 14.8. The van der Waals surface area contributed by atoms with E-state index in [4.69, 9.17) is 4.74 Å². The summed E-state index contributed by atoms with van der Waals surface area (Å²) in [5, 5.41) is 2.98. The molecule has 1 N–H and O–H groups in total. The average molecular weight is 469 g/mol. The van der Waals surface area contributed by atoms with Crippen molar-refractivity contribution >= 4 is 56.8 Å². The molecule has 0 atom stereocenters. The van der Waals surface area contributed by atoms with Crippen molar-refractivity contribution in [1.82, 2.24) is 5.43 Å². The van der Waals surface area contributed by atoms with E-state index in [-0.39, 0.29) is 5.57 Å². The second-order valence-corrected chi connectivity index (χ2v) is 7.92. The lowest BCUT2D eigenvalue weighted by Crippen LogP contribution is -2.35. The molecule has 2 aromatic carbocycles. The molecule has 2 amide bonds. The first-order chi connectivity index (χ1) is 14.0. The number of amides is 2. The Bertz CT molecular complexity index is 1140. The molecule has 29 heavy (non-hydrogen) atoms. The lowest BCUT2D eigenvalue weighted by atomic mass is 10.1. The van der Waals surface area contributed by atoms with Gasteiger partial charge >= 0.3 is 5.97 Å². The van der Waals surface area contributed by atoms with Crippen LogP contribution in [-0.2, 0) is 9.59 Å². The van der Waals surface area contributed by atoms with Crippen molar-refractivity contribution in [2.24, 2.45) is 0 Å². The molecule has 0 unspecified atom stereocenters. The number of benzene rings is 2. The van der Waals surface area contributed by atoms with Gasteiger partial charge < -0.3 is 4.74 Å². The van der Waals surface area contributed by atoms with Crippen LogP contribution in [0.15, 0.2) is 76.1 Å². The number of nitrogens with zero attached hydrogens (tertiary/aromatic N) is 1. The van der Waals surface area contributed by atoms with E-state index in [1.165, 1.54) is 22.4 Å². The maximum absolute atomic E-state index is 12.7.